The Morgan fingerprint density at radius 1 is 1.36 bits per heavy atom. The van der Waals surface area contributed by atoms with Crippen molar-refractivity contribution in [2.75, 3.05) is 11.9 Å². The Labute approximate surface area is 154 Å². The number of carbonyl (C=O) groups is 3. The lowest BCUT2D eigenvalue weighted by atomic mass is 9.96. The minimum atomic E-state index is -0.586. The van der Waals surface area contributed by atoms with E-state index in [4.69, 9.17) is 0 Å². The molecule has 134 valence electrons. The summed E-state index contributed by atoms with van der Waals surface area (Å²) in [6.45, 7) is 4.19. The van der Waals surface area contributed by atoms with Crippen LogP contribution >= 0.6 is 15.9 Å². The normalized spacial score (nSPS) is 22.6. The second-order valence-electron chi connectivity index (χ2n) is 6.69. The maximum Gasteiger partial charge on any atom is 0.315 e. The largest absolute Gasteiger partial charge is 0.336 e. The van der Waals surface area contributed by atoms with Crippen molar-refractivity contribution in [3.63, 3.8) is 0 Å². The van der Waals surface area contributed by atoms with Gasteiger partial charge in [-0.25, -0.2) is 4.79 Å². The van der Waals surface area contributed by atoms with Crippen molar-refractivity contribution in [3.8, 4) is 0 Å². The number of nitrogens with one attached hydrogen (secondary N) is 3. The molecule has 0 aliphatic carbocycles. The summed E-state index contributed by atoms with van der Waals surface area (Å²) in [6.07, 6.45) is 1.02. The van der Waals surface area contributed by atoms with Crippen LogP contribution in [0.1, 0.15) is 37.0 Å². The molecule has 3 N–H and O–H groups in total. The molecule has 1 fully saturated rings. The van der Waals surface area contributed by atoms with E-state index in [9.17, 15) is 14.4 Å². The van der Waals surface area contributed by atoms with Gasteiger partial charge in [-0.05, 0) is 44.9 Å². The monoisotopic (exact) mass is 408 g/mol. The molecule has 2 unspecified atom stereocenters. The number of nitrogens with zero attached hydrogens (tertiary/aromatic N) is 1. The second kappa shape index (κ2) is 7.03. The number of hydrogen-bond donors (Lipinski definition) is 3. The number of halogens is 1. The number of benzene rings is 1. The molecule has 0 radical (unpaired) electrons. The fraction of sp³-hybridized carbons (Fsp3) is 0.471. The van der Waals surface area contributed by atoms with Crippen molar-refractivity contribution in [2.45, 2.75) is 44.8 Å². The van der Waals surface area contributed by atoms with Gasteiger partial charge in [-0.2, -0.15) is 0 Å². The van der Waals surface area contributed by atoms with E-state index in [1.807, 2.05) is 13.8 Å². The summed E-state index contributed by atoms with van der Waals surface area (Å²) in [7, 11) is 0. The van der Waals surface area contributed by atoms with Crippen LogP contribution in [0.2, 0.25) is 0 Å². The molecular weight excluding hydrogens is 388 g/mol. The molecule has 2 aliphatic rings. The van der Waals surface area contributed by atoms with Gasteiger partial charge in [0.2, 0.25) is 5.91 Å². The lowest BCUT2D eigenvalue weighted by Gasteiger charge is -2.37. The van der Waals surface area contributed by atoms with Crippen molar-refractivity contribution < 1.29 is 14.4 Å². The topological polar surface area (TPSA) is 90.5 Å². The fourth-order valence-corrected chi connectivity index (χ4v) is 3.61. The van der Waals surface area contributed by atoms with E-state index in [-0.39, 0.29) is 29.9 Å². The van der Waals surface area contributed by atoms with E-state index in [1.54, 1.807) is 23.1 Å². The number of rotatable bonds is 2. The maximum absolute atomic E-state index is 12.9. The number of urea groups is 1. The highest BCUT2D eigenvalue weighted by Crippen LogP contribution is 2.30. The Morgan fingerprint density at radius 3 is 2.84 bits per heavy atom. The molecule has 7 nitrogen and oxygen atoms in total. The molecule has 3 rings (SSSR count). The summed E-state index contributed by atoms with van der Waals surface area (Å²) in [4.78, 5) is 39.0. The number of hydrogen-bond acceptors (Lipinski definition) is 3. The summed E-state index contributed by atoms with van der Waals surface area (Å²) in [5.74, 6) is -0.380. The predicted molar refractivity (Wildman–Crippen MR) is 97.4 cm³/mol. The molecule has 2 aliphatic heterocycles. The van der Waals surface area contributed by atoms with Crippen LogP contribution in [0.5, 0.6) is 0 Å². The third-order valence-electron chi connectivity index (χ3n) is 4.39. The summed E-state index contributed by atoms with van der Waals surface area (Å²) in [5, 5.41) is 8.51. The first-order chi connectivity index (χ1) is 11.8. The first-order valence-corrected chi connectivity index (χ1v) is 9.13. The molecule has 1 aromatic rings. The van der Waals surface area contributed by atoms with E-state index in [0.717, 1.165) is 4.47 Å². The van der Waals surface area contributed by atoms with Gasteiger partial charge in [0.05, 0.1) is 11.3 Å². The van der Waals surface area contributed by atoms with Crippen LogP contribution < -0.4 is 16.0 Å². The average Bonchev–Trinajstić information content (AvgIpc) is 2.63. The minimum absolute atomic E-state index is 0.0378. The Balaban J connectivity index is 1.77. The SMILES string of the molecule is CC(C)NC(=O)NC1CCN2C(=O)c3cc(Br)ccc3NC(=O)C2C1. The summed E-state index contributed by atoms with van der Waals surface area (Å²) < 4.78 is 0.786. The number of piperidine rings is 1. The van der Waals surface area contributed by atoms with Crippen molar-refractivity contribution in [3.05, 3.63) is 28.2 Å². The zero-order valence-corrected chi connectivity index (χ0v) is 15.7. The molecule has 0 saturated carbocycles. The highest BCUT2D eigenvalue weighted by atomic mass is 79.9. The van der Waals surface area contributed by atoms with Crippen LogP contribution in [-0.4, -0.2) is 47.4 Å². The minimum Gasteiger partial charge on any atom is -0.336 e. The Bertz CT molecular complexity index is 722. The maximum atomic E-state index is 12.9. The van der Waals surface area contributed by atoms with Crippen molar-refractivity contribution in [1.29, 1.82) is 0 Å². The summed E-state index contributed by atoms with van der Waals surface area (Å²) >= 11 is 3.36. The van der Waals surface area contributed by atoms with Crippen LogP contribution in [0.3, 0.4) is 0 Å². The molecule has 1 aromatic carbocycles. The quantitative estimate of drug-likeness (QED) is 0.699. The van der Waals surface area contributed by atoms with Gasteiger partial charge in [0.1, 0.15) is 6.04 Å². The molecule has 1 saturated heterocycles. The van der Waals surface area contributed by atoms with Crippen LogP contribution in [0.4, 0.5) is 10.5 Å². The highest BCUT2D eigenvalue weighted by Gasteiger charge is 2.40. The fourth-order valence-electron chi connectivity index (χ4n) is 3.25. The Morgan fingerprint density at radius 2 is 2.12 bits per heavy atom. The molecular formula is C17H21BrN4O3. The predicted octanol–water partition coefficient (Wildman–Crippen LogP) is 2.08. The van der Waals surface area contributed by atoms with Crippen LogP contribution in [0.25, 0.3) is 0 Å². The van der Waals surface area contributed by atoms with E-state index < -0.39 is 6.04 Å². The van der Waals surface area contributed by atoms with Crippen molar-refractivity contribution in [1.82, 2.24) is 15.5 Å². The first kappa shape index (κ1) is 17.7. The first-order valence-electron chi connectivity index (χ1n) is 8.33. The van der Waals surface area contributed by atoms with Crippen LogP contribution in [0, 0.1) is 0 Å². The third-order valence-corrected chi connectivity index (χ3v) is 4.88. The molecule has 0 bridgehead atoms. The molecule has 0 aromatic heterocycles. The van der Waals surface area contributed by atoms with Gasteiger partial charge in [0.15, 0.2) is 0 Å². The standard InChI is InChI=1S/C17H21BrN4O3/c1-9(2)19-17(25)20-11-5-6-22-14(8-11)15(23)21-13-4-3-10(18)7-12(13)16(22)24/h3-4,7,9,11,14H,5-6,8H2,1-2H3,(H,21,23)(H2,19,20,25). The Kier molecular flexibility index (Phi) is 4.99. The van der Waals surface area contributed by atoms with Gasteiger partial charge in [-0.15, -0.1) is 0 Å². The number of fused-ring (bicyclic) bond motifs is 2. The zero-order chi connectivity index (χ0) is 18.1. The van der Waals surface area contributed by atoms with Crippen molar-refractivity contribution in [2.24, 2.45) is 0 Å². The van der Waals surface area contributed by atoms with Gasteiger partial charge in [-0.3, -0.25) is 9.59 Å². The summed E-state index contributed by atoms with van der Waals surface area (Å²) in [6, 6.07) is 4.29. The molecule has 25 heavy (non-hydrogen) atoms. The number of carbonyl (C=O) groups excluding carboxylic acids is 3. The number of amides is 4. The zero-order valence-electron chi connectivity index (χ0n) is 14.1. The third kappa shape index (κ3) is 3.78. The van der Waals surface area contributed by atoms with Crippen LogP contribution in [0.15, 0.2) is 22.7 Å². The van der Waals surface area contributed by atoms with Gasteiger partial charge in [0.25, 0.3) is 5.91 Å². The molecule has 4 amide bonds. The van der Waals surface area contributed by atoms with Gasteiger partial charge < -0.3 is 20.9 Å². The van der Waals surface area contributed by atoms with Crippen molar-refractivity contribution >= 4 is 39.5 Å². The van der Waals surface area contributed by atoms with Gasteiger partial charge >= 0.3 is 6.03 Å². The smallest absolute Gasteiger partial charge is 0.315 e. The van der Waals surface area contributed by atoms with E-state index in [2.05, 4.69) is 31.9 Å². The van der Waals surface area contributed by atoms with Gasteiger partial charge in [-0.1, -0.05) is 15.9 Å². The Hall–Kier alpha value is -2.09. The number of anilines is 1. The average molecular weight is 409 g/mol. The highest BCUT2D eigenvalue weighted by molar-refractivity contribution is 9.10. The molecule has 2 heterocycles. The van der Waals surface area contributed by atoms with E-state index >= 15 is 0 Å². The lowest BCUT2D eigenvalue weighted by molar-refractivity contribution is -0.121. The molecule has 8 heteroatoms. The van der Waals surface area contributed by atoms with Crippen LogP contribution in [-0.2, 0) is 4.79 Å². The second-order valence-corrected chi connectivity index (χ2v) is 7.60. The lowest BCUT2D eigenvalue weighted by Crippen LogP contribution is -2.56. The molecule has 2 atom stereocenters. The van der Waals surface area contributed by atoms with Gasteiger partial charge in [0, 0.05) is 23.1 Å². The van der Waals surface area contributed by atoms with E-state index in [1.165, 1.54) is 0 Å². The summed E-state index contributed by atoms with van der Waals surface area (Å²) in [5.41, 5.74) is 1.00. The van der Waals surface area contributed by atoms with E-state index in [0.29, 0.717) is 30.6 Å². The molecule has 0 spiro atoms.